The van der Waals surface area contributed by atoms with Gasteiger partial charge in [0.25, 0.3) is 0 Å². The average molecular weight is 282 g/mol. The van der Waals surface area contributed by atoms with E-state index >= 15 is 0 Å². The van der Waals surface area contributed by atoms with Crippen LogP contribution < -0.4 is 5.32 Å². The molecular weight excluding hydrogens is 269 g/mol. The molecule has 2 N–H and O–H groups in total. The third-order valence-electron chi connectivity index (χ3n) is 2.70. The third kappa shape index (κ3) is 2.89. The molecule has 0 amide bonds. The van der Waals surface area contributed by atoms with Crippen molar-refractivity contribution in [2.24, 2.45) is 0 Å². The summed E-state index contributed by atoms with van der Waals surface area (Å²) in [6.07, 6.45) is 0. The van der Waals surface area contributed by atoms with Crippen LogP contribution in [0.25, 0.3) is 0 Å². The Morgan fingerprint density at radius 3 is 2.56 bits per heavy atom. The zero-order valence-corrected chi connectivity index (χ0v) is 11.3. The van der Waals surface area contributed by atoms with E-state index in [1.165, 1.54) is 0 Å². The fourth-order valence-electron chi connectivity index (χ4n) is 1.77. The topological polar surface area (TPSA) is 32.3 Å². The quantitative estimate of drug-likeness (QED) is 0.841. The van der Waals surface area contributed by atoms with Gasteiger partial charge in [0, 0.05) is 10.6 Å². The molecule has 1 unspecified atom stereocenters. The fourth-order valence-corrected chi connectivity index (χ4v) is 2.12. The van der Waals surface area contributed by atoms with E-state index in [4.69, 9.17) is 23.2 Å². The Morgan fingerprint density at radius 1 is 1.11 bits per heavy atom. The monoisotopic (exact) mass is 281 g/mol. The Labute approximate surface area is 116 Å². The number of aromatic hydroxyl groups is 1. The zero-order chi connectivity index (χ0) is 13.1. The first-order chi connectivity index (χ1) is 8.58. The molecule has 18 heavy (non-hydrogen) atoms. The van der Waals surface area contributed by atoms with Crippen molar-refractivity contribution in [2.45, 2.75) is 13.0 Å². The Morgan fingerprint density at radius 2 is 1.83 bits per heavy atom. The van der Waals surface area contributed by atoms with Gasteiger partial charge in [0.15, 0.2) is 0 Å². The summed E-state index contributed by atoms with van der Waals surface area (Å²) in [7, 11) is 0. The number of phenolic OH excluding ortho intramolecular Hbond substituents is 1. The molecule has 0 spiro atoms. The average Bonchev–Trinajstić information content (AvgIpc) is 2.34. The van der Waals surface area contributed by atoms with Gasteiger partial charge in [-0.2, -0.15) is 0 Å². The lowest BCUT2D eigenvalue weighted by atomic mass is 10.1. The van der Waals surface area contributed by atoms with E-state index in [1.807, 2.05) is 19.1 Å². The standard InChI is InChI=1S/C14H13Cl2NO/c1-9(11-4-2-3-5-14(11)18)17-13-8-10(15)6-7-12(13)16/h2-9,17-18H,1H3. The van der Waals surface area contributed by atoms with E-state index < -0.39 is 0 Å². The van der Waals surface area contributed by atoms with Crippen LogP contribution in [-0.4, -0.2) is 5.11 Å². The molecule has 2 aromatic rings. The van der Waals surface area contributed by atoms with Gasteiger partial charge in [-0.1, -0.05) is 41.4 Å². The molecule has 0 bridgehead atoms. The van der Waals surface area contributed by atoms with E-state index in [1.54, 1.807) is 30.3 Å². The maximum absolute atomic E-state index is 9.78. The summed E-state index contributed by atoms with van der Waals surface area (Å²) in [5.74, 6) is 0.260. The molecule has 0 saturated carbocycles. The van der Waals surface area contributed by atoms with Crippen LogP contribution in [0.5, 0.6) is 5.75 Å². The predicted octanol–water partition coefficient (Wildman–Crippen LogP) is 4.87. The number of hydrogen-bond acceptors (Lipinski definition) is 2. The zero-order valence-electron chi connectivity index (χ0n) is 9.82. The van der Waals surface area contributed by atoms with E-state index in [-0.39, 0.29) is 11.8 Å². The van der Waals surface area contributed by atoms with Crippen LogP contribution in [0.15, 0.2) is 42.5 Å². The number of anilines is 1. The second-order valence-electron chi connectivity index (χ2n) is 4.05. The molecule has 0 aliphatic carbocycles. The van der Waals surface area contributed by atoms with Gasteiger partial charge in [0.2, 0.25) is 0 Å². The third-order valence-corrected chi connectivity index (χ3v) is 3.27. The van der Waals surface area contributed by atoms with Crippen LogP contribution >= 0.6 is 23.2 Å². The smallest absolute Gasteiger partial charge is 0.120 e. The minimum absolute atomic E-state index is 0.0674. The molecule has 0 aliphatic rings. The number of para-hydroxylation sites is 1. The Hall–Kier alpha value is -1.38. The van der Waals surface area contributed by atoms with Crippen LogP contribution in [0.3, 0.4) is 0 Å². The molecule has 0 heterocycles. The van der Waals surface area contributed by atoms with E-state index in [0.29, 0.717) is 10.0 Å². The summed E-state index contributed by atoms with van der Waals surface area (Å²) in [4.78, 5) is 0. The lowest BCUT2D eigenvalue weighted by Gasteiger charge is -2.18. The van der Waals surface area contributed by atoms with Crippen LogP contribution in [0.1, 0.15) is 18.5 Å². The van der Waals surface area contributed by atoms with Crippen molar-refractivity contribution in [1.29, 1.82) is 0 Å². The summed E-state index contributed by atoms with van der Waals surface area (Å²) in [5, 5.41) is 14.2. The van der Waals surface area contributed by atoms with Gasteiger partial charge in [-0.25, -0.2) is 0 Å². The van der Waals surface area contributed by atoms with Crippen molar-refractivity contribution in [3.05, 3.63) is 58.1 Å². The van der Waals surface area contributed by atoms with E-state index in [0.717, 1.165) is 11.3 Å². The highest BCUT2D eigenvalue weighted by molar-refractivity contribution is 6.35. The van der Waals surface area contributed by atoms with Crippen LogP contribution in [0, 0.1) is 0 Å². The first-order valence-electron chi connectivity index (χ1n) is 5.57. The molecule has 2 aromatic carbocycles. The van der Waals surface area contributed by atoms with Gasteiger partial charge >= 0.3 is 0 Å². The van der Waals surface area contributed by atoms with Crippen molar-refractivity contribution >= 4 is 28.9 Å². The summed E-state index contributed by atoms with van der Waals surface area (Å²) in [6.45, 7) is 1.95. The fraction of sp³-hybridized carbons (Fsp3) is 0.143. The highest BCUT2D eigenvalue weighted by Crippen LogP contribution is 2.31. The second-order valence-corrected chi connectivity index (χ2v) is 4.89. The molecule has 0 fully saturated rings. The molecule has 2 nitrogen and oxygen atoms in total. The molecule has 4 heteroatoms. The molecule has 0 radical (unpaired) electrons. The normalized spacial score (nSPS) is 12.2. The number of hydrogen-bond donors (Lipinski definition) is 2. The Bertz CT molecular complexity index is 557. The number of halogens is 2. The summed E-state index contributed by atoms with van der Waals surface area (Å²) in [6, 6.07) is 12.4. The largest absolute Gasteiger partial charge is 0.508 e. The minimum Gasteiger partial charge on any atom is -0.508 e. The van der Waals surface area contributed by atoms with Crippen molar-refractivity contribution in [1.82, 2.24) is 0 Å². The lowest BCUT2D eigenvalue weighted by Crippen LogP contribution is -2.07. The van der Waals surface area contributed by atoms with Crippen LogP contribution in [-0.2, 0) is 0 Å². The van der Waals surface area contributed by atoms with Gasteiger partial charge < -0.3 is 10.4 Å². The first-order valence-corrected chi connectivity index (χ1v) is 6.33. The Kier molecular flexibility index (Phi) is 4.00. The number of rotatable bonds is 3. The van der Waals surface area contributed by atoms with Gasteiger partial charge in [-0.15, -0.1) is 0 Å². The SMILES string of the molecule is CC(Nc1cc(Cl)ccc1Cl)c1ccccc1O. The summed E-state index contributed by atoms with van der Waals surface area (Å²) in [5.41, 5.74) is 1.56. The molecule has 0 aliphatic heterocycles. The minimum atomic E-state index is -0.0674. The molecular formula is C14H13Cl2NO. The van der Waals surface area contributed by atoms with Gasteiger partial charge in [0.1, 0.15) is 5.75 Å². The number of nitrogens with one attached hydrogen (secondary N) is 1. The van der Waals surface area contributed by atoms with Crippen molar-refractivity contribution in [3.8, 4) is 5.75 Å². The highest BCUT2D eigenvalue weighted by Gasteiger charge is 2.11. The molecule has 94 valence electrons. The summed E-state index contributed by atoms with van der Waals surface area (Å²) >= 11 is 12.0. The first kappa shape index (κ1) is 13.1. The predicted molar refractivity (Wildman–Crippen MR) is 76.6 cm³/mol. The second kappa shape index (κ2) is 5.51. The molecule has 2 rings (SSSR count). The van der Waals surface area contributed by atoms with E-state index in [9.17, 15) is 5.11 Å². The van der Waals surface area contributed by atoms with Gasteiger partial charge in [-0.3, -0.25) is 0 Å². The Balaban J connectivity index is 2.24. The molecule has 0 aromatic heterocycles. The maximum Gasteiger partial charge on any atom is 0.120 e. The molecule has 0 saturated heterocycles. The van der Waals surface area contributed by atoms with Crippen LogP contribution in [0.4, 0.5) is 5.69 Å². The van der Waals surface area contributed by atoms with Crippen molar-refractivity contribution < 1.29 is 5.11 Å². The number of benzene rings is 2. The summed E-state index contributed by atoms with van der Waals surface area (Å²) < 4.78 is 0. The molecule has 1 atom stereocenters. The maximum atomic E-state index is 9.78. The number of phenols is 1. The lowest BCUT2D eigenvalue weighted by molar-refractivity contribution is 0.465. The van der Waals surface area contributed by atoms with Gasteiger partial charge in [0.05, 0.1) is 16.8 Å². The van der Waals surface area contributed by atoms with Gasteiger partial charge in [-0.05, 0) is 31.2 Å². The highest BCUT2D eigenvalue weighted by atomic mass is 35.5. The van der Waals surface area contributed by atoms with Crippen LogP contribution in [0.2, 0.25) is 10.0 Å². The van der Waals surface area contributed by atoms with Crippen molar-refractivity contribution in [3.63, 3.8) is 0 Å². The van der Waals surface area contributed by atoms with Crippen molar-refractivity contribution in [2.75, 3.05) is 5.32 Å². The van der Waals surface area contributed by atoms with E-state index in [2.05, 4.69) is 5.32 Å².